The predicted octanol–water partition coefficient (Wildman–Crippen LogP) is 3.13. The lowest BCUT2D eigenvalue weighted by atomic mass is 9.83. The molecule has 0 fully saturated rings. The summed E-state index contributed by atoms with van der Waals surface area (Å²) in [6, 6.07) is 6.61. The van der Waals surface area contributed by atoms with Gasteiger partial charge in [-0.2, -0.15) is 10.2 Å². The molecule has 1 aliphatic rings. The number of nitrogens with zero attached hydrogens (tertiary/aromatic N) is 2. The Balaban J connectivity index is 1.98. The summed E-state index contributed by atoms with van der Waals surface area (Å²) in [5, 5.41) is 17.8. The van der Waals surface area contributed by atoms with E-state index in [4.69, 9.17) is 0 Å². The van der Waals surface area contributed by atoms with E-state index in [0.29, 0.717) is 0 Å². The van der Waals surface area contributed by atoms with Crippen molar-refractivity contribution in [2.24, 2.45) is 0 Å². The predicted molar refractivity (Wildman–Crippen MR) is 77.3 cm³/mol. The summed E-state index contributed by atoms with van der Waals surface area (Å²) in [5.41, 5.74) is 5.18. The number of nitrogens with one attached hydrogen (secondary N) is 3. The first-order valence-electron chi connectivity index (χ1n) is 6.77. The first kappa shape index (κ1) is 12.1. The van der Waals surface area contributed by atoms with E-state index in [9.17, 15) is 4.39 Å². The van der Waals surface area contributed by atoms with Gasteiger partial charge < -0.3 is 5.32 Å². The van der Waals surface area contributed by atoms with Crippen molar-refractivity contribution in [1.29, 1.82) is 0 Å². The van der Waals surface area contributed by atoms with E-state index in [2.05, 4.69) is 25.7 Å². The van der Waals surface area contributed by atoms with Crippen molar-refractivity contribution in [2.45, 2.75) is 19.8 Å². The molecule has 0 amide bonds. The first-order chi connectivity index (χ1) is 10.1. The van der Waals surface area contributed by atoms with Gasteiger partial charge in [0.25, 0.3) is 0 Å². The molecule has 3 aromatic rings. The highest BCUT2D eigenvalue weighted by Gasteiger charge is 2.33. The number of H-pyrrole nitrogens is 2. The van der Waals surface area contributed by atoms with Gasteiger partial charge in [0.05, 0.1) is 0 Å². The fourth-order valence-corrected chi connectivity index (χ4v) is 3.02. The quantitative estimate of drug-likeness (QED) is 0.502. The molecule has 1 aromatic carbocycles. The summed E-state index contributed by atoms with van der Waals surface area (Å²) in [7, 11) is 0. The average Bonchev–Trinajstić information content (AvgIpc) is 3.03. The first-order valence-corrected chi connectivity index (χ1v) is 6.77. The summed E-state index contributed by atoms with van der Waals surface area (Å²) in [4.78, 5) is 0. The monoisotopic (exact) mass is 283 g/mol. The minimum atomic E-state index is -0.235. The Kier molecular flexibility index (Phi) is 2.42. The lowest BCUT2D eigenvalue weighted by Gasteiger charge is -2.24. The second-order valence-corrected chi connectivity index (χ2v) is 5.33. The van der Waals surface area contributed by atoms with Gasteiger partial charge in [-0.3, -0.25) is 10.2 Å². The molecule has 0 radical (unpaired) electrons. The maximum atomic E-state index is 13.2. The van der Waals surface area contributed by atoms with E-state index in [0.717, 1.165) is 39.7 Å². The van der Waals surface area contributed by atoms with E-state index in [-0.39, 0.29) is 11.7 Å². The van der Waals surface area contributed by atoms with Crippen molar-refractivity contribution >= 4 is 11.6 Å². The number of fused-ring (bicyclic) bond motifs is 2. The van der Waals surface area contributed by atoms with Crippen LogP contribution in [0.25, 0.3) is 0 Å². The van der Waals surface area contributed by atoms with Crippen LogP contribution in [0, 0.1) is 19.7 Å². The standard InChI is InChI=1S/C15H14FN5/c1-7-11-13(9-3-5-10(16)6-4-9)12-8(2)19-21-15(12)17-14(11)20-18-7/h3-6,13H,1-2H3,(H3,17,18,19,20,21). The topological polar surface area (TPSA) is 69.4 Å². The van der Waals surface area contributed by atoms with Crippen LogP contribution in [0.15, 0.2) is 24.3 Å². The molecule has 0 atom stereocenters. The number of anilines is 2. The van der Waals surface area contributed by atoms with Crippen LogP contribution in [0.2, 0.25) is 0 Å². The van der Waals surface area contributed by atoms with E-state index in [1.165, 1.54) is 12.1 Å². The zero-order chi connectivity index (χ0) is 14.6. The van der Waals surface area contributed by atoms with Crippen LogP contribution in [0.5, 0.6) is 0 Å². The number of aromatic amines is 2. The molecule has 21 heavy (non-hydrogen) atoms. The largest absolute Gasteiger partial charge is 0.321 e. The van der Waals surface area contributed by atoms with E-state index < -0.39 is 0 Å². The fourth-order valence-electron chi connectivity index (χ4n) is 3.02. The Morgan fingerprint density at radius 2 is 1.43 bits per heavy atom. The third-order valence-corrected chi connectivity index (χ3v) is 4.01. The van der Waals surface area contributed by atoms with Gasteiger partial charge in [-0.15, -0.1) is 0 Å². The molecule has 3 heterocycles. The summed E-state index contributed by atoms with van der Waals surface area (Å²) in [5.74, 6) is 1.32. The number of benzene rings is 1. The van der Waals surface area contributed by atoms with Gasteiger partial charge in [0, 0.05) is 28.4 Å². The van der Waals surface area contributed by atoms with Crippen LogP contribution < -0.4 is 5.32 Å². The number of hydrogen-bond donors (Lipinski definition) is 3. The highest BCUT2D eigenvalue weighted by atomic mass is 19.1. The second-order valence-electron chi connectivity index (χ2n) is 5.33. The number of halogens is 1. The molecule has 0 spiro atoms. The molecule has 0 aliphatic carbocycles. The third-order valence-electron chi connectivity index (χ3n) is 4.01. The molecule has 0 bridgehead atoms. The number of hydrogen-bond acceptors (Lipinski definition) is 3. The Hall–Kier alpha value is -2.63. The van der Waals surface area contributed by atoms with Gasteiger partial charge in [0.1, 0.15) is 5.82 Å². The van der Waals surface area contributed by atoms with Crippen LogP contribution in [-0.4, -0.2) is 20.4 Å². The molecule has 2 aromatic heterocycles. The van der Waals surface area contributed by atoms with Crippen LogP contribution in [-0.2, 0) is 0 Å². The van der Waals surface area contributed by atoms with Crippen LogP contribution in [0.4, 0.5) is 16.0 Å². The highest BCUT2D eigenvalue weighted by Crippen LogP contribution is 2.45. The molecule has 0 saturated carbocycles. The van der Waals surface area contributed by atoms with Gasteiger partial charge in [0.15, 0.2) is 11.6 Å². The van der Waals surface area contributed by atoms with Crippen molar-refractivity contribution < 1.29 is 4.39 Å². The normalized spacial score (nSPS) is 13.7. The van der Waals surface area contributed by atoms with Crippen LogP contribution >= 0.6 is 0 Å². The lowest BCUT2D eigenvalue weighted by Crippen LogP contribution is -2.14. The molecule has 6 heteroatoms. The van der Waals surface area contributed by atoms with Gasteiger partial charge in [0.2, 0.25) is 0 Å². The highest BCUT2D eigenvalue weighted by molar-refractivity contribution is 5.72. The Labute approximate surface area is 120 Å². The molecular weight excluding hydrogens is 269 g/mol. The average molecular weight is 283 g/mol. The molecule has 1 aliphatic heterocycles. The van der Waals surface area contributed by atoms with E-state index >= 15 is 0 Å². The minimum Gasteiger partial charge on any atom is -0.321 e. The number of aryl methyl sites for hydroxylation is 2. The number of aromatic nitrogens is 4. The molecule has 0 saturated heterocycles. The molecule has 4 rings (SSSR count). The summed E-state index contributed by atoms with van der Waals surface area (Å²) >= 11 is 0. The van der Waals surface area contributed by atoms with Crippen molar-refractivity contribution in [2.75, 3.05) is 5.32 Å². The zero-order valence-electron chi connectivity index (χ0n) is 11.7. The van der Waals surface area contributed by atoms with Crippen molar-refractivity contribution in [3.8, 4) is 0 Å². The lowest BCUT2D eigenvalue weighted by molar-refractivity contribution is 0.627. The smallest absolute Gasteiger partial charge is 0.157 e. The maximum Gasteiger partial charge on any atom is 0.157 e. The van der Waals surface area contributed by atoms with Crippen LogP contribution in [0.3, 0.4) is 0 Å². The van der Waals surface area contributed by atoms with Crippen molar-refractivity contribution in [3.63, 3.8) is 0 Å². The van der Waals surface area contributed by atoms with E-state index in [1.54, 1.807) is 0 Å². The minimum absolute atomic E-state index is 0.00523. The third kappa shape index (κ3) is 1.68. The second kappa shape index (κ2) is 4.18. The van der Waals surface area contributed by atoms with Crippen molar-refractivity contribution in [1.82, 2.24) is 20.4 Å². The summed E-state index contributed by atoms with van der Waals surface area (Å²) < 4.78 is 13.2. The Bertz CT molecular complexity index is 769. The molecule has 5 nitrogen and oxygen atoms in total. The molecule has 3 N–H and O–H groups in total. The summed E-state index contributed by atoms with van der Waals surface area (Å²) in [6.07, 6.45) is 0. The molecule has 106 valence electrons. The van der Waals surface area contributed by atoms with Crippen molar-refractivity contribution in [3.05, 3.63) is 58.2 Å². The number of rotatable bonds is 1. The molecular formula is C15H14FN5. The van der Waals surface area contributed by atoms with Crippen LogP contribution in [0.1, 0.15) is 34.0 Å². The SMILES string of the molecule is Cc1[nH]nc2c1C(c1ccc(F)cc1)c1c(n[nH]c1C)N2. The van der Waals surface area contributed by atoms with Gasteiger partial charge in [-0.05, 0) is 31.5 Å². The fraction of sp³-hybridized carbons (Fsp3) is 0.200. The zero-order valence-corrected chi connectivity index (χ0v) is 11.7. The van der Waals surface area contributed by atoms with E-state index in [1.807, 2.05) is 26.0 Å². The molecule has 0 unspecified atom stereocenters. The van der Waals surface area contributed by atoms with Gasteiger partial charge in [-0.25, -0.2) is 4.39 Å². The summed E-state index contributed by atoms with van der Waals surface area (Å²) in [6.45, 7) is 3.98. The van der Waals surface area contributed by atoms with Gasteiger partial charge >= 0.3 is 0 Å². The maximum absolute atomic E-state index is 13.2. The Morgan fingerprint density at radius 1 is 0.905 bits per heavy atom. The Morgan fingerprint density at radius 3 is 1.95 bits per heavy atom. The van der Waals surface area contributed by atoms with Gasteiger partial charge in [-0.1, -0.05) is 12.1 Å².